The van der Waals surface area contributed by atoms with Crippen molar-refractivity contribution in [1.29, 1.82) is 0 Å². The standard InChI is InChI=1S/C5H3BrINO/c6-3-1-8-2-4(9)5(3)7/h1-2,9H. The van der Waals surface area contributed by atoms with Crippen molar-refractivity contribution in [2.75, 3.05) is 0 Å². The van der Waals surface area contributed by atoms with E-state index in [9.17, 15) is 0 Å². The fourth-order valence-corrected chi connectivity index (χ4v) is 1.01. The Morgan fingerprint density at radius 3 is 2.67 bits per heavy atom. The van der Waals surface area contributed by atoms with E-state index in [0.717, 1.165) is 8.04 Å². The number of hydrogen-bond donors (Lipinski definition) is 1. The number of halogens is 2. The van der Waals surface area contributed by atoms with Gasteiger partial charge in [0.2, 0.25) is 0 Å². The van der Waals surface area contributed by atoms with Gasteiger partial charge >= 0.3 is 0 Å². The number of pyridine rings is 1. The van der Waals surface area contributed by atoms with Gasteiger partial charge in [-0.1, -0.05) is 0 Å². The molecule has 0 fully saturated rings. The van der Waals surface area contributed by atoms with E-state index < -0.39 is 0 Å². The van der Waals surface area contributed by atoms with Gasteiger partial charge in [-0.05, 0) is 38.5 Å². The van der Waals surface area contributed by atoms with Crippen LogP contribution in [-0.2, 0) is 0 Å². The third-order valence-corrected chi connectivity index (χ3v) is 3.30. The molecule has 1 heterocycles. The molecule has 0 saturated carbocycles. The lowest BCUT2D eigenvalue weighted by molar-refractivity contribution is 0.468. The number of aromatic hydroxyl groups is 1. The van der Waals surface area contributed by atoms with Crippen molar-refractivity contribution < 1.29 is 5.11 Å². The average Bonchev–Trinajstić information content (AvgIpc) is 1.83. The highest BCUT2D eigenvalue weighted by Gasteiger charge is 1.99. The van der Waals surface area contributed by atoms with Gasteiger partial charge in [-0.15, -0.1) is 0 Å². The summed E-state index contributed by atoms with van der Waals surface area (Å²) in [5, 5.41) is 9.00. The molecule has 0 unspecified atom stereocenters. The van der Waals surface area contributed by atoms with E-state index in [2.05, 4.69) is 20.9 Å². The van der Waals surface area contributed by atoms with Crippen molar-refractivity contribution in [3.8, 4) is 5.75 Å². The summed E-state index contributed by atoms with van der Waals surface area (Å²) in [5.41, 5.74) is 0. The quantitative estimate of drug-likeness (QED) is 0.745. The maximum Gasteiger partial charge on any atom is 0.148 e. The van der Waals surface area contributed by atoms with Gasteiger partial charge in [-0.25, -0.2) is 0 Å². The van der Waals surface area contributed by atoms with Crippen LogP contribution in [0.5, 0.6) is 5.75 Å². The largest absolute Gasteiger partial charge is 0.505 e. The first kappa shape index (κ1) is 7.27. The summed E-state index contributed by atoms with van der Waals surface area (Å²) in [4.78, 5) is 3.74. The topological polar surface area (TPSA) is 33.1 Å². The van der Waals surface area contributed by atoms with Gasteiger partial charge in [-0.2, -0.15) is 0 Å². The van der Waals surface area contributed by atoms with Crippen LogP contribution in [0.15, 0.2) is 16.9 Å². The van der Waals surface area contributed by atoms with Gasteiger partial charge in [0.1, 0.15) is 5.75 Å². The molecule has 1 rings (SSSR count). The van der Waals surface area contributed by atoms with Crippen LogP contribution in [0.4, 0.5) is 0 Å². The minimum atomic E-state index is 0.213. The van der Waals surface area contributed by atoms with Crippen LogP contribution in [0.2, 0.25) is 0 Å². The van der Waals surface area contributed by atoms with Crippen LogP contribution in [0.1, 0.15) is 0 Å². The molecule has 0 aliphatic rings. The summed E-state index contributed by atoms with van der Waals surface area (Å²) in [6.45, 7) is 0. The molecule has 0 bridgehead atoms. The zero-order chi connectivity index (χ0) is 6.85. The second kappa shape index (κ2) is 2.83. The second-order valence-electron chi connectivity index (χ2n) is 1.45. The Balaban J connectivity index is 3.25. The van der Waals surface area contributed by atoms with Crippen molar-refractivity contribution in [2.24, 2.45) is 0 Å². The van der Waals surface area contributed by atoms with Crippen molar-refractivity contribution in [3.63, 3.8) is 0 Å². The Hall–Kier alpha value is 0.160. The van der Waals surface area contributed by atoms with Crippen LogP contribution in [-0.4, -0.2) is 10.1 Å². The molecule has 0 radical (unpaired) electrons. The Bertz CT molecular complexity index is 208. The molecule has 4 heteroatoms. The number of rotatable bonds is 0. The third kappa shape index (κ3) is 1.54. The minimum absolute atomic E-state index is 0.213. The predicted molar refractivity (Wildman–Crippen MR) is 46.3 cm³/mol. The van der Waals surface area contributed by atoms with E-state index in [0.29, 0.717) is 0 Å². The lowest BCUT2D eigenvalue weighted by Gasteiger charge is -1.95. The van der Waals surface area contributed by atoms with Gasteiger partial charge in [-0.3, -0.25) is 4.98 Å². The van der Waals surface area contributed by atoms with Gasteiger partial charge in [0.25, 0.3) is 0 Å². The van der Waals surface area contributed by atoms with Gasteiger partial charge in [0, 0.05) is 6.20 Å². The molecule has 0 spiro atoms. The summed E-state index contributed by atoms with van der Waals surface area (Å²) in [6, 6.07) is 0. The maximum atomic E-state index is 9.00. The summed E-state index contributed by atoms with van der Waals surface area (Å²) < 4.78 is 1.62. The summed E-state index contributed by atoms with van der Waals surface area (Å²) >= 11 is 5.25. The Morgan fingerprint density at radius 2 is 2.22 bits per heavy atom. The van der Waals surface area contributed by atoms with Crippen LogP contribution < -0.4 is 0 Å². The molecule has 0 amide bonds. The van der Waals surface area contributed by atoms with E-state index in [1.165, 1.54) is 6.20 Å². The average molecular weight is 300 g/mol. The molecule has 1 aromatic heterocycles. The highest BCUT2D eigenvalue weighted by atomic mass is 127. The van der Waals surface area contributed by atoms with Crippen molar-refractivity contribution in [2.45, 2.75) is 0 Å². The van der Waals surface area contributed by atoms with E-state index in [1.54, 1.807) is 6.20 Å². The van der Waals surface area contributed by atoms with E-state index in [-0.39, 0.29) is 5.75 Å². The second-order valence-corrected chi connectivity index (χ2v) is 3.39. The van der Waals surface area contributed by atoms with Crippen LogP contribution in [0.3, 0.4) is 0 Å². The van der Waals surface area contributed by atoms with Crippen molar-refractivity contribution >= 4 is 38.5 Å². The van der Waals surface area contributed by atoms with E-state index >= 15 is 0 Å². The highest BCUT2D eigenvalue weighted by Crippen LogP contribution is 2.25. The van der Waals surface area contributed by atoms with Crippen LogP contribution in [0, 0.1) is 3.57 Å². The van der Waals surface area contributed by atoms with Crippen molar-refractivity contribution in [3.05, 3.63) is 20.4 Å². The summed E-state index contributed by atoms with van der Waals surface area (Å²) in [5.74, 6) is 0.213. The Kier molecular flexibility index (Phi) is 2.29. The van der Waals surface area contributed by atoms with E-state index in [1.807, 2.05) is 22.6 Å². The smallest absolute Gasteiger partial charge is 0.148 e. The van der Waals surface area contributed by atoms with E-state index in [4.69, 9.17) is 5.11 Å². The first-order valence-corrected chi connectivity index (χ1v) is 4.07. The number of aromatic nitrogens is 1. The molecule has 1 aromatic rings. The predicted octanol–water partition coefficient (Wildman–Crippen LogP) is 2.15. The molecule has 0 aliphatic carbocycles. The zero-order valence-electron chi connectivity index (χ0n) is 4.31. The summed E-state index contributed by atoms with van der Waals surface area (Å²) in [6.07, 6.45) is 3.05. The molecular weight excluding hydrogens is 297 g/mol. The lowest BCUT2D eigenvalue weighted by Crippen LogP contribution is -1.77. The molecule has 0 aliphatic heterocycles. The molecule has 9 heavy (non-hydrogen) atoms. The first-order chi connectivity index (χ1) is 4.22. The zero-order valence-corrected chi connectivity index (χ0v) is 8.05. The van der Waals surface area contributed by atoms with Crippen LogP contribution >= 0.6 is 38.5 Å². The fourth-order valence-electron chi connectivity index (χ4n) is 0.409. The maximum absolute atomic E-state index is 9.00. The molecule has 0 atom stereocenters. The monoisotopic (exact) mass is 299 g/mol. The Labute approximate surface area is 74.6 Å². The molecule has 48 valence electrons. The van der Waals surface area contributed by atoms with Crippen LogP contribution in [0.25, 0.3) is 0 Å². The highest BCUT2D eigenvalue weighted by molar-refractivity contribution is 14.1. The normalized spacial score (nSPS) is 9.56. The van der Waals surface area contributed by atoms with Gasteiger partial charge in [0.15, 0.2) is 0 Å². The summed E-state index contributed by atoms with van der Waals surface area (Å²) in [7, 11) is 0. The molecule has 1 N–H and O–H groups in total. The molecule has 0 saturated heterocycles. The van der Waals surface area contributed by atoms with Crippen molar-refractivity contribution in [1.82, 2.24) is 4.98 Å². The SMILES string of the molecule is Oc1cncc(Br)c1I. The minimum Gasteiger partial charge on any atom is -0.505 e. The third-order valence-electron chi connectivity index (χ3n) is 0.819. The van der Waals surface area contributed by atoms with Gasteiger partial charge < -0.3 is 5.11 Å². The number of nitrogens with zero attached hydrogens (tertiary/aromatic N) is 1. The number of hydrogen-bond acceptors (Lipinski definition) is 2. The van der Waals surface area contributed by atoms with Gasteiger partial charge in [0.05, 0.1) is 14.2 Å². The fraction of sp³-hybridized carbons (Fsp3) is 0. The molecule has 0 aromatic carbocycles. The lowest BCUT2D eigenvalue weighted by atomic mass is 10.5. The molecule has 2 nitrogen and oxygen atoms in total. The Morgan fingerprint density at radius 1 is 1.56 bits per heavy atom. The molecular formula is C5H3BrINO. The first-order valence-electron chi connectivity index (χ1n) is 2.20.